The van der Waals surface area contributed by atoms with Gasteiger partial charge in [-0.2, -0.15) is 0 Å². The van der Waals surface area contributed by atoms with Crippen molar-refractivity contribution in [2.24, 2.45) is 0 Å². The van der Waals surface area contributed by atoms with Gasteiger partial charge < -0.3 is 5.32 Å². The SMILES string of the molecule is Cc1cc(C(=O)CN2C(=O)NC3(CCS(=O)(=O)CC3)C2=O)c(C)s1. The smallest absolute Gasteiger partial charge is 0.323 e. The molecule has 1 aromatic heterocycles. The Morgan fingerprint density at radius 3 is 2.46 bits per heavy atom. The van der Waals surface area contributed by atoms with Crippen molar-refractivity contribution in [3.63, 3.8) is 0 Å². The Morgan fingerprint density at radius 1 is 1.29 bits per heavy atom. The molecule has 1 spiro atoms. The summed E-state index contributed by atoms with van der Waals surface area (Å²) in [6, 6.07) is 1.13. The van der Waals surface area contributed by atoms with Gasteiger partial charge in [0.1, 0.15) is 5.54 Å². The van der Waals surface area contributed by atoms with E-state index in [0.717, 1.165) is 14.7 Å². The molecule has 130 valence electrons. The van der Waals surface area contributed by atoms with E-state index in [0.29, 0.717) is 5.56 Å². The molecule has 9 heteroatoms. The predicted molar refractivity (Wildman–Crippen MR) is 89.0 cm³/mol. The maximum absolute atomic E-state index is 12.7. The van der Waals surface area contributed by atoms with Gasteiger partial charge in [0.2, 0.25) is 0 Å². The van der Waals surface area contributed by atoms with Gasteiger partial charge >= 0.3 is 6.03 Å². The molecule has 2 saturated heterocycles. The number of nitrogens with zero attached hydrogens (tertiary/aromatic N) is 1. The number of carbonyl (C=O) groups is 3. The maximum atomic E-state index is 12.7. The highest BCUT2D eigenvalue weighted by Gasteiger charge is 2.53. The van der Waals surface area contributed by atoms with Crippen molar-refractivity contribution in [2.45, 2.75) is 32.2 Å². The van der Waals surface area contributed by atoms with Crippen molar-refractivity contribution in [2.75, 3.05) is 18.1 Å². The zero-order valence-electron chi connectivity index (χ0n) is 13.4. The summed E-state index contributed by atoms with van der Waals surface area (Å²) >= 11 is 1.49. The molecular weight excluding hydrogens is 352 g/mol. The Labute approximate surface area is 143 Å². The third-order valence-corrected chi connectivity index (χ3v) is 7.19. The third kappa shape index (κ3) is 2.86. The molecule has 0 bridgehead atoms. The number of urea groups is 1. The molecule has 0 atom stereocenters. The number of hydrogen-bond donors (Lipinski definition) is 1. The molecule has 0 unspecified atom stereocenters. The lowest BCUT2D eigenvalue weighted by Gasteiger charge is -2.30. The van der Waals surface area contributed by atoms with Crippen molar-refractivity contribution in [1.82, 2.24) is 10.2 Å². The van der Waals surface area contributed by atoms with Crippen LogP contribution < -0.4 is 5.32 Å². The molecule has 7 nitrogen and oxygen atoms in total. The Hall–Kier alpha value is -1.74. The van der Waals surface area contributed by atoms with Crippen molar-refractivity contribution in [3.05, 3.63) is 21.4 Å². The molecule has 24 heavy (non-hydrogen) atoms. The van der Waals surface area contributed by atoms with Crippen molar-refractivity contribution in [3.8, 4) is 0 Å². The number of nitrogens with one attached hydrogen (secondary N) is 1. The second-order valence-corrected chi connectivity index (χ2v) is 10.1. The molecule has 1 aromatic rings. The molecule has 3 heterocycles. The molecule has 1 N–H and O–H groups in total. The third-order valence-electron chi connectivity index (χ3n) is 4.57. The average Bonchev–Trinajstić information content (AvgIpc) is 2.94. The maximum Gasteiger partial charge on any atom is 0.325 e. The zero-order chi connectivity index (χ0) is 17.7. The summed E-state index contributed by atoms with van der Waals surface area (Å²) in [7, 11) is -3.16. The number of hydrogen-bond acceptors (Lipinski definition) is 6. The Kier molecular flexibility index (Phi) is 4.03. The van der Waals surface area contributed by atoms with Crippen molar-refractivity contribution < 1.29 is 22.8 Å². The molecular formula is C15H18N2O5S2. The number of carbonyl (C=O) groups excluding carboxylic acids is 3. The van der Waals surface area contributed by atoms with Gasteiger partial charge in [0, 0.05) is 15.3 Å². The number of sulfone groups is 1. The van der Waals surface area contributed by atoms with Gasteiger partial charge in [-0.3, -0.25) is 14.5 Å². The highest BCUT2D eigenvalue weighted by Crippen LogP contribution is 2.31. The van der Waals surface area contributed by atoms with Crippen LogP contribution in [0.15, 0.2) is 6.07 Å². The second-order valence-electron chi connectivity index (χ2n) is 6.31. The van der Waals surface area contributed by atoms with Crippen molar-refractivity contribution in [1.29, 1.82) is 0 Å². The number of amides is 3. The molecule has 0 aromatic carbocycles. The predicted octanol–water partition coefficient (Wildman–Crippen LogP) is 1.05. The van der Waals surface area contributed by atoms with E-state index in [-0.39, 0.29) is 36.7 Å². The molecule has 0 saturated carbocycles. The number of aryl methyl sites for hydroxylation is 2. The van der Waals surface area contributed by atoms with E-state index in [1.165, 1.54) is 11.3 Å². The van der Waals surface area contributed by atoms with E-state index in [1.807, 2.05) is 13.8 Å². The van der Waals surface area contributed by atoms with Crippen LogP contribution in [0.2, 0.25) is 0 Å². The Bertz CT molecular complexity index is 826. The van der Waals surface area contributed by atoms with Crippen LogP contribution in [0.3, 0.4) is 0 Å². The summed E-state index contributed by atoms with van der Waals surface area (Å²) in [4.78, 5) is 40.0. The van der Waals surface area contributed by atoms with E-state index in [9.17, 15) is 22.8 Å². The average molecular weight is 370 g/mol. The van der Waals surface area contributed by atoms with Crippen LogP contribution in [0.4, 0.5) is 4.79 Å². The fraction of sp³-hybridized carbons (Fsp3) is 0.533. The van der Waals surface area contributed by atoms with Crippen LogP contribution in [-0.4, -0.2) is 54.6 Å². The van der Waals surface area contributed by atoms with E-state index in [2.05, 4.69) is 5.32 Å². The first kappa shape index (κ1) is 17.1. The molecule has 3 amide bonds. The number of rotatable bonds is 3. The molecule has 0 radical (unpaired) electrons. The normalized spacial score (nSPS) is 22.0. The van der Waals surface area contributed by atoms with Gasteiger partial charge in [-0.25, -0.2) is 13.2 Å². The second kappa shape index (κ2) is 5.66. The number of imide groups is 1. The first-order valence-electron chi connectivity index (χ1n) is 7.58. The molecule has 2 fully saturated rings. The first-order valence-corrected chi connectivity index (χ1v) is 10.2. The monoisotopic (exact) mass is 370 g/mol. The Morgan fingerprint density at radius 2 is 1.92 bits per heavy atom. The van der Waals surface area contributed by atoms with Gasteiger partial charge in [0.05, 0.1) is 18.1 Å². The van der Waals surface area contributed by atoms with Gasteiger partial charge in [0.25, 0.3) is 5.91 Å². The largest absolute Gasteiger partial charge is 0.325 e. The van der Waals surface area contributed by atoms with Gasteiger partial charge in [-0.15, -0.1) is 11.3 Å². The van der Waals surface area contributed by atoms with Crippen LogP contribution in [0.25, 0.3) is 0 Å². The quantitative estimate of drug-likeness (QED) is 0.633. The minimum atomic E-state index is -3.16. The van der Waals surface area contributed by atoms with E-state index in [4.69, 9.17) is 0 Å². The summed E-state index contributed by atoms with van der Waals surface area (Å²) in [6.45, 7) is 3.39. The van der Waals surface area contributed by atoms with Crippen LogP contribution in [0, 0.1) is 13.8 Å². The highest BCUT2D eigenvalue weighted by molar-refractivity contribution is 7.91. The lowest BCUT2D eigenvalue weighted by atomic mass is 9.92. The fourth-order valence-electron chi connectivity index (χ4n) is 3.18. The fourth-order valence-corrected chi connectivity index (χ4v) is 5.65. The lowest BCUT2D eigenvalue weighted by Crippen LogP contribution is -2.52. The minimum Gasteiger partial charge on any atom is -0.323 e. The van der Waals surface area contributed by atoms with Gasteiger partial charge in [0.15, 0.2) is 15.6 Å². The zero-order valence-corrected chi connectivity index (χ0v) is 15.1. The summed E-state index contributed by atoms with van der Waals surface area (Å²) < 4.78 is 23.1. The van der Waals surface area contributed by atoms with Crippen LogP contribution in [0.1, 0.15) is 33.0 Å². The summed E-state index contributed by atoms with van der Waals surface area (Å²) in [5.74, 6) is -1.06. The topological polar surface area (TPSA) is 101 Å². The standard InChI is InChI=1S/C15H18N2O5S2/c1-9-7-11(10(2)23-9)12(18)8-17-13(19)15(16-14(17)20)3-5-24(21,22)6-4-15/h7H,3-6,8H2,1-2H3,(H,16,20). The Balaban J connectivity index is 1.78. The van der Waals surface area contributed by atoms with E-state index < -0.39 is 27.3 Å². The van der Waals surface area contributed by atoms with Crippen LogP contribution in [-0.2, 0) is 14.6 Å². The van der Waals surface area contributed by atoms with Gasteiger partial charge in [-0.1, -0.05) is 0 Å². The van der Waals surface area contributed by atoms with E-state index in [1.54, 1.807) is 6.07 Å². The van der Waals surface area contributed by atoms with E-state index >= 15 is 0 Å². The summed E-state index contributed by atoms with van der Waals surface area (Å²) in [5, 5.41) is 2.61. The number of Topliss-reactive ketones (excluding diaryl/α,β-unsaturated/α-hetero) is 1. The lowest BCUT2D eigenvalue weighted by molar-refractivity contribution is -0.131. The molecule has 3 rings (SSSR count). The van der Waals surface area contributed by atoms with Crippen LogP contribution >= 0.6 is 11.3 Å². The molecule has 2 aliphatic heterocycles. The minimum absolute atomic E-state index is 0.0567. The molecule has 2 aliphatic rings. The van der Waals surface area contributed by atoms with Crippen LogP contribution in [0.5, 0.6) is 0 Å². The first-order chi connectivity index (χ1) is 11.1. The highest BCUT2D eigenvalue weighted by atomic mass is 32.2. The molecule has 0 aliphatic carbocycles. The summed E-state index contributed by atoms with van der Waals surface area (Å²) in [5.41, 5.74) is -0.660. The number of thiophene rings is 1. The number of ketones is 1. The van der Waals surface area contributed by atoms with Crippen molar-refractivity contribution >= 4 is 38.9 Å². The summed E-state index contributed by atoms with van der Waals surface area (Å²) in [6.07, 6.45) is 0.113. The van der Waals surface area contributed by atoms with Gasteiger partial charge in [-0.05, 0) is 32.8 Å².